The van der Waals surface area contributed by atoms with Crippen molar-refractivity contribution < 1.29 is 22.3 Å². The zero-order chi connectivity index (χ0) is 32.2. The van der Waals surface area contributed by atoms with Gasteiger partial charge in [-0.15, -0.1) is 0 Å². The monoisotopic (exact) mass is 642 g/mol. The predicted molar refractivity (Wildman–Crippen MR) is 178 cm³/mol. The molecule has 2 N–H and O–H groups in total. The molecule has 5 rings (SSSR count). The summed E-state index contributed by atoms with van der Waals surface area (Å²) in [5, 5.41) is 7.72. The Morgan fingerprint density at radius 1 is 0.889 bits per heavy atom. The van der Waals surface area contributed by atoms with Crippen LogP contribution in [0.1, 0.15) is 59.4 Å². The van der Waals surface area contributed by atoms with Gasteiger partial charge in [0.1, 0.15) is 0 Å². The van der Waals surface area contributed by atoms with Gasteiger partial charge in [0.2, 0.25) is 0 Å². The number of benzene rings is 4. The Bertz CT molecular complexity index is 1880. The van der Waals surface area contributed by atoms with E-state index >= 15 is 0 Å². The largest absolute Gasteiger partial charge is 0.356 e. The van der Waals surface area contributed by atoms with Crippen LogP contribution in [0.5, 0.6) is 0 Å². The maximum atomic E-state index is 12.5. The summed E-state index contributed by atoms with van der Waals surface area (Å²) in [7, 11) is -4.15. The number of aromatic nitrogens is 1. The van der Waals surface area contributed by atoms with Gasteiger partial charge in [0.15, 0.2) is 5.76 Å². The van der Waals surface area contributed by atoms with Crippen molar-refractivity contribution >= 4 is 27.6 Å². The molecule has 4 aromatic carbocycles. The molecule has 1 amide bonds. The lowest BCUT2D eigenvalue weighted by Gasteiger charge is -2.21. The summed E-state index contributed by atoms with van der Waals surface area (Å²) in [5.41, 5.74) is 7.51. The third-order valence-electron chi connectivity index (χ3n) is 7.69. The van der Waals surface area contributed by atoms with E-state index in [0.717, 1.165) is 33.5 Å². The molecule has 5 aromatic rings. The summed E-state index contributed by atoms with van der Waals surface area (Å²) in [5.74, 6) is -0.418. The first kappa shape index (κ1) is 32.2. The molecule has 0 radical (unpaired) electrons. The number of nitrogens with zero attached hydrogens (tertiary/aromatic N) is 1. The molecule has 0 unspecified atom stereocenters. The highest BCUT2D eigenvalue weighted by Gasteiger charge is 2.22. The fraction of sp³-hybridized carbons (Fsp3) is 0.222. The van der Waals surface area contributed by atoms with Gasteiger partial charge in [0, 0.05) is 34.7 Å². The normalized spacial score (nSPS) is 12.6. The second-order valence-electron chi connectivity index (χ2n) is 12.1. The van der Waals surface area contributed by atoms with Crippen molar-refractivity contribution in [1.29, 1.82) is 0 Å². The maximum absolute atomic E-state index is 12.5. The summed E-state index contributed by atoms with van der Waals surface area (Å²) in [6, 6.07) is 33.5. The molecule has 0 saturated carbocycles. The van der Waals surface area contributed by atoms with Crippen LogP contribution in [0.25, 0.3) is 22.5 Å². The standard InChI is InChI=1S/C36H35ClN2O5S/c1-36(2,3)30-15-11-26(12-16-30)32(21-24-7-9-27(10-8-24)35(40)38-19-20-45(41,42)43)33-23-34(44-39-33)29-6-4-5-28(22-29)25-13-17-31(37)18-14-25/h4-18,22-23,32H,19-21H2,1-3H3,(H,38,40)(H,41,42,43)/t32-/m0/s1. The molecular weight excluding hydrogens is 608 g/mol. The highest BCUT2D eigenvalue weighted by Crippen LogP contribution is 2.34. The second kappa shape index (κ2) is 13.4. The van der Waals surface area contributed by atoms with Crippen LogP contribution in [0.15, 0.2) is 108 Å². The number of hydrogen-bond donors (Lipinski definition) is 2. The highest BCUT2D eigenvalue weighted by molar-refractivity contribution is 7.85. The van der Waals surface area contributed by atoms with Crippen molar-refractivity contribution in [2.75, 3.05) is 12.3 Å². The van der Waals surface area contributed by atoms with Crippen molar-refractivity contribution in [1.82, 2.24) is 10.5 Å². The summed E-state index contributed by atoms with van der Waals surface area (Å²) in [6.07, 6.45) is 0.607. The minimum absolute atomic E-state index is 0.0158. The molecule has 1 heterocycles. The van der Waals surface area contributed by atoms with Crippen LogP contribution in [0.3, 0.4) is 0 Å². The average molecular weight is 643 g/mol. The number of amides is 1. The number of carbonyl (C=O) groups excluding carboxylic acids is 1. The molecule has 0 aliphatic rings. The number of rotatable bonds is 10. The molecular formula is C36H35ClN2O5S. The first-order valence-corrected chi connectivity index (χ1v) is 16.6. The number of halogens is 1. The zero-order valence-corrected chi connectivity index (χ0v) is 26.9. The third kappa shape index (κ3) is 8.48. The molecule has 232 valence electrons. The molecule has 0 fully saturated rings. The lowest BCUT2D eigenvalue weighted by atomic mass is 9.83. The lowest BCUT2D eigenvalue weighted by molar-refractivity contribution is 0.0956. The van der Waals surface area contributed by atoms with E-state index in [9.17, 15) is 13.2 Å². The topological polar surface area (TPSA) is 110 Å². The fourth-order valence-corrected chi connectivity index (χ4v) is 5.60. The van der Waals surface area contributed by atoms with E-state index in [-0.39, 0.29) is 17.9 Å². The van der Waals surface area contributed by atoms with Crippen molar-refractivity contribution in [3.8, 4) is 22.5 Å². The zero-order valence-electron chi connectivity index (χ0n) is 25.3. The molecule has 0 saturated heterocycles. The minimum atomic E-state index is -4.15. The summed E-state index contributed by atoms with van der Waals surface area (Å²) >= 11 is 6.08. The molecule has 0 spiro atoms. The van der Waals surface area contributed by atoms with Crippen molar-refractivity contribution in [3.63, 3.8) is 0 Å². The smallest absolute Gasteiger partial charge is 0.266 e. The molecule has 45 heavy (non-hydrogen) atoms. The molecule has 0 aliphatic carbocycles. The number of hydrogen-bond acceptors (Lipinski definition) is 5. The van der Waals surface area contributed by atoms with Crippen LogP contribution in [0, 0.1) is 0 Å². The summed E-state index contributed by atoms with van der Waals surface area (Å²) < 4.78 is 36.7. The number of carbonyl (C=O) groups is 1. The highest BCUT2D eigenvalue weighted by atomic mass is 35.5. The molecule has 0 bridgehead atoms. The van der Waals surface area contributed by atoms with Crippen molar-refractivity contribution in [2.45, 2.75) is 38.5 Å². The van der Waals surface area contributed by atoms with Crippen molar-refractivity contribution in [3.05, 3.63) is 136 Å². The van der Waals surface area contributed by atoms with Gasteiger partial charge in [-0.1, -0.05) is 104 Å². The maximum Gasteiger partial charge on any atom is 0.266 e. The van der Waals surface area contributed by atoms with Gasteiger partial charge >= 0.3 is 0 Å². The van der Waals surface area contributed by atoms with E-state index in [1.807, 2.05) is 60.7 Å². The summed E-state index contributed by atoms with van der Waals surface area (Å²) in [6.45, 7) is 6.37. The van der Waals surface area contributed by atoms with Crippen molar-refractivity contribution in [2.24, 2.45) is 0 Å². The SMILES string of the molecule is CC(C)(C)c1ccc([C@H](Cc2ccc(C(=O)NCCS(=O)(=O)O)cc2)c2cc(-c3cccc(-c4ccc(Cl)cc4)c3)on2)cc1. The van der Waals surface area contributed by atoms with Gasteiger partial charge in [-0.2, -0.15) is 8.42 Å². The summed E-state index contributed by atoms with van der Waals surface area (Å²) in [4.78, 5) is 12.5. The Balaban J connectivity index is 1.41. The average Bonchev–Trinajstić information content (AvgIpc) is 3.50. The van der Waals surface area contributed by atoms with E-state index < -0.39 is 21.8 Å². The minimum Gasteiger partial charge on any atom is -0.356 e. The van der Waals surface area contributed by atoms with Crippen LogP contribution >= 0.6 is 11.6 Å². The Kier molecular flexibility index (Phi) is 9.58. The second-order valence-corrected chi connectivity index (χ2v) is 14.1. The van der Waals surface area contributed by atoms with Crippen LogP contribution in [-0.2, 0) is 22.0 Å². The fourth-order valence-electron chi connectivity index (χ4n) is 5.12. The molecule has 1 aromatic heterocycles. The van der Waals surface area contributed by atoms with Gasteiger partial charge in [0.05, 0.1) is 11.4 Å². The lowest BCUT2D eigenvalue weighted by Crippen LogP contribution is -2.28. The van der Waals surface area contributed by atoms with Gasteiger partial charge in [-0.3, -0.25) is 9.35 Å². The molecule has 7 nitrogen and oxygen atoms in total. The van der Waals surface area contributed by atoms with Gasteiger partial charge in [-0.05, 0) is 70.0 Å². The van der Waals surface area contributed by atoms with E-state index in [1.165, 1.54) is 5.56 Å². The van der Waals surface area contributed by atoms with Gasteiger partial charge in [-0.25, -0.2) is 0 Å². The Labute approximate surface area is 269 Å². The molecule has 9 heteroatoms. The molecule has 0 aliphatic heterocycles. The third-order valence-corrected chi connectivity index (χ3v) is 8.66. The van der Waals surface area contributed by atoms with Gasteiger partial charge < -0.3 is 9.84 Å². The Hall–Kier alpha value is -4.24. The first-order chi connectivity index (χ1) is 21.4. The molecule has 1 atom stereocenters. The number of nitrogens with one attached hydrogen (secondary N) is 1. The quantitative estimate of drug-likeness (QED) is 0.150. The van der Waals surface area contributed by atoms with Gasteiger partial charge in [0.25, 0.3) is 16.0 Å². The van der Waals surface area contributed by atoms with Crippen LogP contribution in [-0.4, -0.2) is 36.3 Å². The van der Waals surface area contributed by atoms with Crippen LogP contribution in [0.4, 0.5) is 0 Å². The van der Waals surface area contributed by atoms with Crippen LogP contribution < -0.4 is 5.32 Å². The first-order valence-electron chi connectivity index (χ1n) is 14.6. The van der Waals surface area contributed by atoms with Crippen LogP contribution in [0.2, 0.25) is 5.02 Å². The Morgan fingerprint density at radius 3 is 2.20 bits per heavy atom. The Morgan fingerprint density at radius 2 is 1.56 bits per heavy atom. The predicted octanol–water partition coefficient (Wildman–Crippen LogP) is 7.95. The van der Waals surface area contributed by atoms with E-state index in [1.54, 1.807) is 12.1 Å². The van der Waals surface area contributed by atoms with E-state index in [4.69, 9.17) is 20.7 Å². The van der Waals surface area contributed by atoms with E-state index in [2.05, 4.69) is 61.6 Å². The van der Waals surface area contributed by atoms with E-state index in [0.29, 0.717) is 22.8 Å².